The van der Waals surface area contributed by atoms with E-state index in [9.17, 15) is 0 Å². The molecule has 0 aliphatic rings. The number of aryl methyl sites for hydroxylation is 1. The molecule has 1 nitrogen and oxygen atoms in total. The van der Waals surface area contributed by atoms with Gasteiger partial charge in [0.15, 0.2) is 0 Å². The van der Waals surface area contributed by atoms with Crippen LogP contribution >= 0.6 is 0 Å². The minimum Gasteiger partial charge on any atom is -0.349 e. The van der Waals surface area contributed by atoms with Crippen LogP contribution in [-0.2, 0) is 12.0 Å². The van der Waals surface area contributed by atoms with Crippen LogP contribution in [0.25, 0.3) is 0 Å². The second kappa shape index (κ2) is 8.45. The Bertz CT molecular complexity index is 330. The zero-order chi connectivity index (χ0) is 14.1. The van der Waals surface area contributed by atoms with Gasteiger partial charge in [0.1, 0.15) is 0 Å². The molecule has 0 aromatic carbocycles. The van der Waals surface area contributed by atoms with Gasteiger partial charge in [0.2, 0.25) is 0 Å². The van der Waals surface area contributed by atoms with Gasteiger partial charge in [-0.25, -0.2) is 0 Å². The van der Waals surface area contributed by atoms with Gasteiger partial charge in [0.25, 0.3) is 0 Å². The van der Waals surface area contributed by atoms with Gasteiger partial charge in [-0.2, -0.15) is 0 Å². The molecule has 0 fully saturated rings. The summed E-state index contributed by atoms with van der Waals surface area (Å²) in [5.41, 5.74) is 1.72. The lowest BCUT2D eigenvalue weighted by molar-refractivity contribution is 0.398. The first-order valence-electron chi connectivity index (χ1n) is 8.21. The molecule has 1 aromatic heterocycles. The highest BCUT2D eigenvalue weighted by atomic mass is 15.0. The summed E-state index contributed by atoms with van der Waals surface area (Å²) in [6, 6.07) is 2.28. The second-order valence-electron chi connectivity index (χ2n) is 6.82. The first-order valence-corrected chi connectivity index (χ1v) is 8.21. The van der Waals surface area contributed by atoms with Crippen LogP contribution in [0.2, 0.25) is 0 Å². The molecule has 0 bridgehead atoms. The van der Waals surface area contributed by atoms with Crippen molar-refractivity contribution >= 4 is 0 Å². The standard InChI is InChI=1S/C18H33N/c1-5-6-7-8-9-10-11-12-13-17-14-15-19(16-17)18(2,3)4/h14-16H,5-13H2,1-4H3. The molecule has 0 N–H and O–H groups in total. The molecule has 19 heavy (non-hydrogen) atoms. The van der Waals surface area contributed by atoms with Crippen molar-refractivity contribution in [3.8, 4) is 0 Å². The van der Waals surface area contributed by atoms with Crippen LogP contribution in [0.15, 0.2) is 18.5 Å². The molecule has 0 aliphatic heterocycles. The van der Waals surface area contributed by atoms with Crippen molar-refractivity contribution in [2.24, 2.45) is 0 Å². The van der Waals surface area contributed by atoms with Gasteiger partial charge in [-0.1, -0.05) is 51.9 Å². The quantitative estimate of drug-likeness (QED) is 0.487. The number of hydrogen-bond donors (Lipinski definition) is 0. The number of unbranched alkanes of at least 4 members (excludes halogenated alkanes) is 7. The minimum atomic E-state index is 0.220. The molecule has 0 spiro atoms. The van der Waals surface area contributed by atoms with Gasteiger partial charge < -0.3 is 4.57 Å². The maximum Gasteiger partial charge on any atom is 0.0355 e. The van der Waals surface area contributed by atoms with E-state index in [1.54, 1.807) is 0 Å². The summed E-state index contributed by atoms with van der Waals surface area (Å²) < 4.78 is 2.33. The first-order chi connectivity index (χ1) is 9.04. The predicted molar refractivity (Wildman–Crippen MR) is 85.7 cm³/mol. The molecular weight excluding hydrogens is 230 g/mol. The molecule has 0 amide bonds. The molecule has 1 heterocycles. The first kappa shape index (κ1) is 16.3. The van der Waals surface area contributed by atoms with Gasteiger partial charge in [-0.15, -0.1) is 0 Å². The van der Waals surface area contributed by atoms with Crippen molar-refractivity contribution in [1.29, 1.82) is 0 Å². The minimum absolute atomic E-state index is 0.220. The Kier molecular flexibility index (Phi) is 7.27. The Hall–Kier alpha value is -0.720. The fourth-order valence-electron chi connectivity index (χ4n) is 2.47. The van der Waals surface area contributed by atoms with Crippen LogP contribution in [0, 0.1) is 0 Å². The van der Waals surface area contributed by atoms with E-state index in [1.165, 1.54) is 63.4 Å². The molecule has 0 saturated carbocycles. The van der Waals surface area contributed by atoms with Crippen molar-refractivity contribution in [3.05, 3.63) is 24.0 Å². The number of rotatable bonds is 9. The largest absolute Gasteiger partial charge is 0.349 e. The van der Waals surface area contributed by atoms with E-state index in [2.05, 4.69) is 50.7 Å². The molecule has 0 saturated heterocycles. The molecule has 0 atom stereocenters. The normalized spacial score (nSPS) is 12.0. The smallest absolute Gasteiger partial charge is 0.0355 e. The van der Waals surface area contributed by atoms with E-state index in [0.29, 0.717) is 0 Å². The molecular formula is C18H33N. The Labute approximate surface area is 120 Å². The van der Waals surface area contributed by atoms with E-state index in [4.69, 9.17) is 0 Å². The second-order valence-corrected chi connectivity index (χ2v) is 6.82. The van der Waals surface area contributed by atoms with Crippen molar-refractivity contribution in [2.75, 3.05) is 0 Å². The molecule has 0 radical (unpaired) electrons. The van der Waals surface area contributed by atoms with Gasteiger partial charge in [0, 0.05) is 17.9 Å². The number of nitrogens with zero attached hydrogens (tertiary/aromatic N) is 1. The van der Waals surface area contributed by atoms with Crippen LogP contribution in [0.3, 0.4) is 0 Å². The summed E-state index contributed by atoms with van der Waals surface area (Å²) in [6.45, 7) is 9.05. The highest BCUT2D eigenvalue weighted by Crippen LogP contribution is 2.17. The monoisotopic (exact) mass is 263 g/mol. The summed E-state index contributed by atoms with van der Waals surface area (Å²) in [5.74, 6) is 0. The fraction of sp³-hybridized carbons (Fsp3) is 0.778. The van der Waals surface area contributed by atoms with E-state index in [0.717, 1.165) is 0 Å². The van der Waals surface area contributed by atoms with Crippen molar-refractivity contribution in [3.63, 3.8) is 0 Å². The zero-order valence-electron chi connectivity index (χ0n) is 13.5. The Morgan fingerprint density at radius 1 is 0.895 bits per heavy atom. The van der Waals surface area contributed by atoms with Crippen molar-refractivity contribution < 1.29 is 0 Å². The lowest BCUT2D eigenvalue weighted by atomic mass is 10.1. The van der Waals surface area contributed by atoms with Gasteiger partial charge in [-0.3, -0.25) is 0 Å². The fourth-order valence-corrected chi connectivity index (χ4v) is 2.47. The SMILES string of the molecule is CCCCCCCCCCc1ccn(C(C)(C)C)c1. The number of hydrogen-bond acceptors (Lipinski definition) is 0. The molecule has 0 unspecified atom stereocenters. The highest BCUT2D eigenvalue weighted by Gasteiger charge is 2.11. The van der Waals surface area contributed by atoms with Crippen molar-refractivity contribution in [2.45, 2.75) is 91.0 Å². The Balaban J connectivity index is 2.08. The lowest BCUT2D eigenvalue weighted by Gasteiger charge is -2.20. The molecule has 1 rings (SSSR count). The average molecular weight is 263 g/mol. The van der Waals surface area contributed by atoms with E-state index in [1.807, 2.05) is 0 Å². The maximum absolute atomic E-state index is 2.33. The molecule has 1 aromatic rings. The topological polar surface area (TPSA) is 4.93 Å². The van der Waals surface area contributed by atoms with Crippen molar-refractivity contribution in [1.82, 2.24) is 4.57 Å². The van der Waals surface area contributed by atoms with Crippen LogP contribution in [0.4, 0.5) is 0 Å². The van der Waals surface area contributed by atoms with Crippen LogP contribution < -0.4 is 0 Å². The third kappa shape index (κ3) is 6.84. The predicted octanol–water partition coefficient (Wildman–Crippen LogP) is 5.93. The zero-order valence-corrected chi connectivity index (χ0v) is 13.5. The summed E-state index contributed by atoms with van der Waals surface area (Å²) in [6.07, 6.45) is 17.0. The van der Waals surface area contributed by atoms with Crippen LogP contribution in [0.5, 0.6) is 0 Å². The third-order valence-electron chi connectivity index (χ3n) is 3.85. The van der Waals surface area contributed by atoms with Crippen LogP contribution in [0.1, 0.15) is 84.6 Å². The molecule has 110 valence electrons. The molecule has 0 aliphatic carbocycles. The van der Waals surface area contributed by atoms with Gasteiger partial charge in [-0.05, 0) is 45.2 Å². The van der Waals surface area contributed by atoms with Gasteiger partial charge >= 0.3 is 0 Å². The summed E-state index contributed by atoms with van der Waals surface area (Å²) in [7, 11) is 0. The van der Waals surface area contributed by atoms with Gasteiger partial charge in [0.05, 0.1) is 0 Å². The Morgan fingerprint density at radius 3 is 2.00 bits per heavy atom. The van der Waals surface area contributed by atoms with E-state index in [-0.39, 0.29) is 5.54 Å². The summed E-state index contributed by atoms with van der Waals surface area (Å²) in [4.78, 5) is 0. The maximum atomic E-state index is 2.33. The average Bonchev–Trinajstić information content (AvgIpc) is 2.81. The lowest BCUT2D eigenvalue weighted by Crippen LogP contribution is -2.19. The van der Waals surface area contributed by atoms with Crippen LogP contribution in [-0.4, -0.2) is 4.57 Å². The summed E-state index contributed by atoms with van der Waals surface area (Å²) >= 11 is 0. The summed E-state index contributed by atoms with van der Waals surface area (Å²) in [5, 5.41) is 0. The van der Waals surface area contributed by atoms with E-state index < -0.39 is 0 Å². The Morgan fingerprint density at radius 2 is 1.47 bits per heavy atom. The number of aromatic nitrogens is 1. The van der Waals surface area contributed by atoms with E-state index >= 15 is 0 Å². The molecule has 1 heteroatoms. The highest BCUT2D eigenvalue weighted by molar-refractivity contribution is 5.12. The third-order valence-corrected chi connectivity index (χ3v) is 3.85.